The molecule has 2 atom stereocenters. The van der Waals surface area contributed by atoms with E-state index in [0.717, 1.165) is 43.1 Å². The van der Waals surface area contributed by atoms with Crippen molar-refractivity contribution in [1.29, 1.82) is 0 Å². The normalized spacial score (nSPS) is 22.9. The van der Waals surface area contributed by atoms with Gasteiger partial charge >= 0.3 is 5.97 Å². The van der Waals surface area contributed by atoms with E-state index in [2.05, 4.69) is 44.0 Å². The molecule has 0 radical (unpaired) electrons. The molecule has 0 aromatic heterocycles. The largest absolute Gasteiger partial charge is 0.493 e. The number of allylic oxidation sites excluding steroid dienone is 1. The molecule has 1 saturated heterocycles. The zero-order chi connectivity index (χ0) is 22.9. The summed E-state index contributed by atoms with van der Waals surface area (Å²) in [6, 6.07) is 14.1. The highest BCUT2D eigenvalue weighted by molar-refractivity contribution is 5.90. The highest BCUT2D eigenvalue weighted by Crippen LogP contribution is 2.49. The van der Waals surface area contributed by atoms with Crippen molar-refractivity contribution in [2.24, 2.45) is 0 Å². The summed E-state index contributed by atoms with van der Waals surface area (Å²) in [5, 5.41) is 0. The summed E-state index contributed by atoms with van der Waals surface area (Å²) in [6.07, 6.45) is 4.85. The van der Waals surface area contributed by atoms with E-state index in [0.29, 0.717) is 11.5 Å². The molecule has 1 fully saturated rings. The van der Waals surface area contributed by atoms with Crippen molar-refractivity contribution in [2.75, 3.05) is 27.8 Å². The molecule has 2 aromatic carbocycles. The lowest BCUT2D eigenvalue weighted by Crippen LogP contribution is -2.42. The molecule has 0 N–H and O–H groups in total. The molecular weight excluding hydrogens is 402 g/mol. The average Bonchev–Trinajstić information content (AvgIpc) is 3.15. The topological polar surface area (TPSA) is 48.0 Å². The molecule has 1 aliphatic carbocycles. The number of carbonyl (C=O) groups is 1. The standard InChI is InChI=1S/C27H33NO4/c1-18(2)19-6-8-20(9-7-19)26(29)32-22-12-13-27(14-15-28(3)25(27)17-22)21-10-11-23(30-4)24(16-21)31-5/h6-11,16-18,25H,12-15H2,1-5H3. The quantitative estimate of drug-likeness (QED) is 0.576. The van der Waals surface area contributed by atoms with E-state index in [9.17, 15) is 4.79 Å². The molecule has 5 heteroatoms. The van der Waals surface area contributed by atoms with Crippen LogP contribution in [-0.4, -0.2) is 44.7 Å². The second-order valence-electron chi connectivity index (χ2n) is 9.20. The van der Waals surface area contributed by atoms with Gasteiger partial charge < -0.3 is 14.2 Å². The Kier molecular flexibility index (Phi) is 6.29. The molecule has 0 bridgehead atoms. The summed E-state index contributed by atoms with van der Waals surface area (Å²) < 4.78 is 16.8. The summed E-state index contributed by atoms with van der Waals surface area (Å²) in [5.41, 5.74) is 3.02. The van der Waals surface area contributed by atoms with Crippen LogP contribution >= 0.6 is 0 Å². The monoisotopic (exact) mass is 435 g/mol. The number of likely N-dealkylation sites (tertiary alicyclic amines) is 1. The maximum Gasteiger partial charge on any atom is 0.343 e. The number of fused-ring (bicyclic) bond motifs is 1. The third-order valence-corrected chi connectivity index (χ3v) is 7.11. The van der Waals surface area contributed by atoms with Gasteiger partial charge in [-0.25, -0.2) is 4.79 Å². The van der Waals surface area contributed by atoms with Gasteiger partial charge in [-0.2, -0.15) is 0 Å². The van der Waals surface area contributed by atoms with E-state index < -0.39 is 0 Å². The summed E-state index contributed by atoms with van der Waals surface area (Å²) in [5.74, 6) is 2.39. The van der Waals surface area contributed by atoms with Crippen LogP contribution in [0.5, 0.6) is 11.5 Å². The van der Waals surface area contributed by atoms with Crippen molar-refractivity contribution in [3.05, 3.63) is 71.0 Å². The number of likely N-dealkylation sites (N-methyl/N-ethyl adjacent to an activating group) is 1. The van der Waals surface area contributed by atoms with Gasteiger partial charge in [0.25, 0.3) is 0 Å². The van der Waals surface area contributed by atoms with Crippen molar-refractivity contribution in [2.45, 2.75) is 50.5 Å². The Morgan fingerprint density at radius 1 is 1.03 bits per heavy atom. The van der Waals surface area contributed by atoms with Crippen molar-refractivity contribution >= 4 is 5.97 Å². The maximum atomic E-state index is 12.8. The van der Waals surface area contributed by atoms with Crippen molar-refractivity contribution < 1.29 is 19.0 Å². The number of ether oxygens (including phenoxy) is 3. The third kappa shape index (κ3) is 4.02. The van der Waals surface area contributed by atoms with E-state index >= 15 is 0 Å². The van der Waals surface area contributed by atoms with Crippen LogP contribution in [0.15, 0.2) is 54.3 Å². The Morgan fingerprint density at radius 2 is 1.75 bits per heavy atom. The van der Waals surface area contributed by atoms with E-state index in [1.54, 1.807) is 14.2 Å². The summed E-state index contributed by atoms with van der Waals surface area (Å²) >= 11 is 0. The minimum atomic E-state index is -0.286. The molecule has 5 nitrogen and oxygen atoms in total. The zero-order valence-corrected chi connectivity index (χ0v) is 19.7. The Morgan fingerprint density at radius 3 is 2.41 bits per heavy atom. The Labute approximate surface area is 191 Å². The molecule has 2 aliphatic rings. The van der Waals surface area contributed by atoms with Crippen LogP contribution in [-0.2, 0) is 10.2 Å². The van der Waals surface area contributed by atoms with Gasteiger partial charge in [0.2, 0.25) is 0 Å². The Bertz CT molecular complexity index is 1010. The fourth-order valence-electron chi connectivity index (χ4n) is 5.12. The van der Waals surface area contributed by atoms with Gasteiger partial charge in [0.1, 0.15) is 5.76 Å². The minimum Gasteiger partial charge on any atom is -0.493 e. The number of hydrogen-bond acceptors (Lipinski definition) is 5. The number of methoxy groups -OCH3 is 2. The van der Waals surface area contributed by atoms with Crippen molar-refractivity contribution in [3.8, 4) is 11.5 Å². The van der Waals surface area contributed by atoms with Gasteiger partial charge in [-0.3, -0.25) is 4.90 Å². The molecule has 32 heavy (non-hydrogen) atoms. The first-order valence-electron chi connectivity index (χ1n) is 11.3. The van der Waals surface area contributed by atoms with Gasteiger partial charge in [-0.1, -0.05) is 32.0 Å². The van der Waals surface area contributed by atoms with Crippen LogP contribution in [0, 0.1) is 0 Å². The second-order valence-corrected chi connectivity index (χ2v) is 9.20. The fourth-order valence-corrected chi connectivity index (χ4v) is 5.12. The van der Waals surface area contributed by atoms with Crippen LogP contribution in [0.4, 0.5) is 0 Å². The van der Waals surface area contributed by atoms with E-state index in [-0.39, 0.29) is 17.4 Å². The molecule has 0 saturated carbocycles. The molecular formula is C27H33NO4. The van der Waals surface area contributed by atoms with Crippen LogP contribution < -0.4 is 9.47 Å². The Hall–Kier alpha value is -2.79. The lowest BCUT2D eigenvalue weighted by molar-refractivity contribution is 0.0593. The Balaban J connectivity index is 1.57. The van der Waals surface area contributed by atoms with Crippen LogP contribution in [0.25, 0.3) is 0 Å². The highest BCUT2D eigenvalue weighted by Gasteiger charge is 2.48. The lowest BCUT2D eigenvalue weighted by Gasteiger charge is -2.40. The molecule has 4 rings (SSSR count). The van der Waals surface area contributed by atoms with Gasteiger partial charge in [0, 0.05) is 17.9 Å². The van der Waals surface area contributed by atoms with Crippen molar-refractivity contribution in [3.63, 3.8) is 0 Å². The first-order valence-corrected chi connectivity index (χ1v) is 11.3. The average molecular weight is 436 g/mol. The number of esters is 1. The van der Waals surface area contributed by atoms with E-state index in [1.807, 2.05) is 30.3 Å². The maximum absolute atomic E-state index is 12.8. The molecule has 2 unspecified atom stereocenters. The van der Waals surface area contributed by atoms with E-state index in [1.165, 1.54) is 11.1 Å². The SMILES string of the molecule is COc1ccc(C23CCC(OC(=O)c4ccc(C(C)C)cc4)=CC2N(C)CC3)cc1OC. The molecule has 1 aliphatic heterocycles. The number of benzene rings is 2. The lowest BCUT2D eigenvalue weighted by atomic mass is 9.68. The predicted molar refractivity (Wildman–Crippen MR) is 126 cm³/mol. The summed E-state index contributed by atoms with van der Waals surface area (Å²) in [7, 11) is 5.46. The second kappa shape index (κ2) is 8.99. The van der Waals surface area contributed by atoms with Crippen LogP contribution in [0.3, 0.4) is 0 Å². The molecule has 0 amide bonds. The molecule has 0 spiro atoms. The number of nitrogens with zero attached hydrogens (tertiary/aromatic N) is 1. The first-order chi connectivity index (χ1) is 15.4. The molecule has 2 aromatic rings. The van der Waals surface area contributed by atoms with Gasteiger partial charge in [0.05, 0.1) is 19.8 Å². The van der Waals surface area contributed by atoms with Crippen LogP contribution in [0.2, 0.25) is 0 Å². The smallest absolute Gasteiger partial charge is 0.343 e. The van der Waals surface area contributed by atoms with Crippen LogP contribution in [0.1, 0.15) is 60.5 Å². The zero-order valence-electron chi connectivity index (χ0n) is 19.7. The highest BCUT2D eigenvalue weighted by atomic mass is 16.5. The van der Waals surface area contributed by atoms with E-state index in [4.69, 9.17) is 14.2 Å². The molecule has 170 valence electrons. The predicted octanol–water partition coefficient (Wildman–Crippen LogP) is 5.30. The summed E-state index contributed by atoms with van der Waals surface area (Å²) in [6.45, 7) is 5.28. The van der Waals surface area contributed by atoms with Gasteiger partial charge in [-0.15, -0.1) is 0 Å². The first kappa shape index (κ1) is 22.4. The van der Waals surface area contributed by atoms with Crippen molar-refractivity contribution in [1.82, 2.24) is 4.90 Å². The fraction of sp³-hybridized carbons (Fsp3) is 0.444. The summed E-state index contributed by atoms with van der Waals surface area (Å²) in [4.78, 5) is 15.1. The number of carbonyl (C=O) groups excluding carboxylic acids is 1. The molecule has 1 heterocycles. The van der Waals surface area contributed by atoms with Gasteiger partial charge in [-0.05, 0) is 73.8 Å². The third-order valence-electron chi connectivity index (χ3n) is 7.11. The minimum absolute atomic E-state index is 0.0247. The number of rotatable bonds is 6. The van der Waals surface area contributed by atoms with Gasteiger partial charge in [0.15, 0.2) is 11.5 Å². The number of hydrogen-bond donors (Lipinski definition) is 0.